The average Bonchev–Trinajstić information content (AvgIpc) is 2.59. The summed E-state index contributed by atoms with van der Waals surface area (Å²) in [5.74, 6) is -1.30. The van der Waals surface area contributed by atoms with Crippen molar-refractivity contribution in [1.82, 2.24) is 0 Å². The van der Waals surface area contributed by atoms with Gasteiger partial charge in [-0.05, 0) is 33.4 Å². The van der Waals surface area contributed by atoms with Gasteiger partial charge in [-0.15, -0.1) is 11.3 Å². The van der Waals surface area contributed by atoms with Crippen molar-refractivity contribution in [3.8, 4) is 5.75 Å². The van der Waals surface area contributed by atoms with Gasteiger partial charge in [-0.1, -0.05) is 0 Å². The van der Waals surface area contributed by atoms with E-state index >= 15 is 0 Å². The lowest BCUT2D eigenvalue weighted by Gasteiger charge is -2.02. The summed E-state index contributed by atoms with van der Waals surface area (Å²) in [6.07, 6.45) is 0. The second kappa shape index (κ2) is 3.25. The van der Waals surface area contributed by atoms with Gasteiger partial charge in [-0.25, -0.2) is 4.79 Å². The second-order valence-corrected chi connectivity index (χ2v) is 4.49. The molecule has 72 valence electrons. The summed E-state index contributed by atoms with van der Waals surface area (Å²) in [6.45, 7) is 0. The fourth-order valence-corrected chi connectivity index (χ4v) is 2.78. The highest BCUT2D eigenvalue weighted by atomic mass is 79.9. The van der Waals surface area contributed by atoms with Crippen molar-refractivity contribution in [1.29, 1.82) is 0 Å². The van der Waals surface area contributed by atoms with Crippen LogP contribution in [0.25, 0.3) is 10.1 Å². The van der Waals surface area contributed by atoms with E-state index in [1.54, 1.807) is 11.4 Å². The predicted octanol–water partition coefficient (Wildman–Crippen LogP) is 3.07. The molecule has 0 saturated heterocycles. The van der Waals surface area contributed by atoms with Crippen LogP contribution in [0.2, 0.25) is 0 Å². The molecule has 0 amide bonds. The van der Waals surface area contributed by atoms with Gasteiger partial charge in [-0.2, -0.15) is 0 Å². The van der Waals surface area contributed by atoms with Gasteiger partial charge in [0.15, 0.2) is 0 Å². The van der Waals surface area contributed by atoms with Crippen LogP contribution in [0.4, 0.5) is 0 Å². The third-order valence-corrected chi connectivity index (χ3v) is 3.73. The van der Waals surface area contributed by atoms with Crippen LogP contribution in [0.5, 0.6) is 5.75 Å². The first kappa shape index (κ1) is 9.48. The minimum Gasteiger partial charge on any atom is -0.506 e. The Morgan fingerprint density at radius 1 is 1.50 bits per heavy atom. The van der Waals surface area contributed by atoms with Crippen molar-refractivity contribution >= 4 is 43.3 Å². The molecule has 14 heavy (non-hydrogen) atoms. The molecule has 0 aliphatic heterocycles. The van der Waals surface area contributed by atoms with Crippen molar-refractivity contribution in [2.24, 2.45) is 0 Å². The Morgan fingerprint density at radius 2 is 2.21 bits per heavy atom. The van der Waals surface area contributed by atoms with Crippen LogP contribution in [0.3, 0.4) is 0 Å². The zero-order chi connectivity index (χ0) is 10.3. The van der Waals surface area contributed by atoms with Crippen molar-refractivity contribution < 1.29 is 15.0 Å². The maximum Gasteiger partial charge on any atom is 0.339 e. The number of rotatable bonds is 1. The quantitative estimate of drug-likeness (QED) is 0.839. The summed E-state index contributed by atoms with van der Waals surface area (Å²) in [5, 5.41) is 20.8. The number of carbonyl (C=O) groups is 1. The molecule has 3 nitrogen and oxygen atoms in total. The van der Waals surface area contributed by atoms with Crippen LogP contribution in [0.1, 0.15) is 10.4 Å². The van der Waals surface area contributed by atoms with E-state index in [4.69, 9.17) is 5.11 Å². The number of aromatic carboxylic acids is 1. The Labute approximate surface area is 91.7 Å². The molecule has 1 aromatic carbocycles. The molecule has 5 heteroatoms. The predicted molar refractivity (Wildman–Crippen MR) is 58.1 cm³/mol. The summed E-state index contributed by atoms with van der Waals surface area (Å²) < 4.78 is 1.55. The van der Waals surface area contributed by atoms with Gasteiger partial charge in [-0.3, -0.25) is 0 Å². The van der Waals surface area contributed by atoms with Crippen LogP contribution >= 0.6 is 27.3 Å². The molecule has 2 rings (SSSR count). The monoisotopic (exact) mass is 272 g/mol. The van der Waals surface area contributed by atoms with Gasteiger partial charge < -0.3 is 10.2 Å². The highest BCUT2D eigenvalue weighted by molar-refractivity contribution is 9.10. The number of thiophene rings is 1. The number of carboxylic acids is 1. The molecule has 0 bridgehead atoms. The van der Waals surface area contributed by atoms with E-state index in [2.05, 4.69) is 15.9 Å². The van der Waals surface area contributed by atoms with Gasteiger partial charge in [0.05, 0.1) is 4.70 Å². The number of aromatic hydroxyl groups is 1. The van der Waals surface area contributed by atoms with Gasteiger partial charge in [0, 0.05) is 9.86 Å². The topological polar surface area (TPSA) is 57.5 Å². The molecule has 0 spiro atoms. The van der Waals surface area contributed by atoms with Gasteiger partial charge in [0.2, 0.25) is 0 Å². The van der Waals surface area contributed by atoms with Crippen molar-refractivity contribution in [3.05, 3.63) is 27.5 Å². The minimum absolute atomic E-state index is 0.0808. The van der Waals surface area contributed by atoms with Crippen LogP contribution in [-0.2, 0) is 0 Å². The fraction of sp³-hybridized carbons (Fsp3) is 0. The van der Waals surface area contributed by atoms with Crippen molar-refractivity contribution in [2.45, 2.75) is 0 Å². The van der Waals surface area contributed by atoms with Crippen LogP contribution < -0.4 is 0 Å². The molecule has 0 atom stereocenters. The molecule has 0 aliphatic carbocycles. The molecule has 0 fully saturated rings. The maximum atomic E-state index is 10.8. The Morgan fingerprint density at radius 3 is 2.86 bits per heavy atom. The molecule has 2 aromatic rings. The van der Waals surface area contributed by atoms with Gasteiger partial charge in [0.25, 0.3) is 0 Å². The first-order valence-corrected chi connectivity index (χ1v) is 5.40. The van der Waals surface area contributed by atoms with E-state index in [0.29, 0.717) is 9.86 Å². The number of halogens is 1. The molecular weight excluding hydrogens is 268 g/mol. The number of carboxylic acid groups (broad SMARTS) is 1. The smallest absolute Gasteiger partial charge is 0.339 e. The van der Waals surface area contributed by atoms with Crippen molar-refractivity contribution in [3.63, 3.8) is 0 Å². The lowest BCUT2D eigenvalue weighted by Crippen LogP contribution is -1.96. The Hall–Kier alpha value is -1.07. The third-order valence-electron chi connectivity index (χ3n) is 1.89. The molecule has 0 aliphatic rings. The highest BCUT2D eigenvalue weighted by Gasteiger charge is 2.15. The first-order valence-electron chi connectivity index (χ1n) is 3.73. The van der Waals surface area contributed by atoms with Crippen LogP contribution in [0.15, 0.2) is 22.0 Å². The minimum atomic E-state index is -1.13. The van der Waals surface area contributed by atoms with E-state index in [0.717, 1.165) is 4.70 Å². The molecule has 2 N–H and O–H groups in total. The normalized spacial score (nSPS) is 10.6. The molecule has 0 saturated carbocycles. The lowest BCUT2D eigenvalue weighted by atomic mass is 10.1. The largest absolute Gasteiger partial charge is 0.506 e. The molecule has 1 aromatic heterocycles. The summed E-state index contributed by atoms with van der Waals surface area (Å²) in [4.78, 5) is 10.8. The zero-order valence-electron chi connectivity index (χ0n) is 6.82. The summed E-state index contributed by atoms with van der Waals surface area (Å²) in [5.41, 5.74) is -0.0808. The summed E-state index contributed by atoms with van der Waals surface area (Å²) in [7, 11) is 0. The standard InChI is InChI=1S/C9H5BrO3S/c10-6-3-5(9(12)13)7(11)4-1-2-14-8(4)6/h1-3,11H,(H,12,13). The maximum absolute atomic E-state index is 10.8. The van der Waals surface area contributed by atoms with E-state index in [1.165, 1.54) is 17.4 Å². The van der Waals surface area contributed by atoms with Gasteiger partial charge >= 0.3 is 5.97 Å². The SMILES string of the molecule is O=C(O)c1cc(Br)c2sccc2c1O. The molecule has 0 radical (unpaired) electrons. The second-order valence-electron chi connectivity index (χ2n) is 2.72. The van der Waals surface area contributed by atoms with E-state index < -0.39 is 5.97 Å². The Balaban J connectivity index is 2.88. The number of phenols is 1. The molecule has 0 unspecified atom stereocenters. The van der Waals surface area contributed by atoms with Gasteiger partial charge in [0.1, 0.15) is 11.3 Å². The third kappa shape index (κ3) is 1.29. The van der Waals surface area contributed by atoms with E-state index in [9.17, 15) is 9.90 Å². The number of benzene rings is 1. The number of hydrogen-bond acceptors (Lipinski definition) is 3. The van der Waals surface area contributed by atoms with E-state index in [-0.39, 0.29) is 11.3 Å². The fourth-order valence-electron chi connectivity index (χ4n) is 1.25. The zero-order valence-corrected chi connectivity index (χ0v) is 9.22. The summed E-state index contributed by atoms with van der Waals surface area (Å²) >= 11 is 4.71. The van der Waals surface area contributed by atoms with Crippen molar-refractivity contribution in [2.75, 3.05) is 0 Å². The molecular formula is C9H5BrO3S. The molecule has 1 heterocycles. The Bertz CT molecular complexity index is 518. The van der Waals surface area contributed by atoms with Crippen LogP contribution in [-0.4, -0.2) is 16.2 Å². The van der Waals surface area contributed by atoms with E-state index in [1.807, 2.05) is 0 Å². The average molecular weight is 273 g/mol. The number of hydrogen-bond donors (Lipinski definition) is 2. The highest BCUT2D eigenvalue weighted by Crippen LogP contribution is 2.37. The first-order chi connectivity index (χ1) is 6.61. The van der Waals surface area contributed by atoms with Crippen LogP contribution in [0, 0.1) is 0 Å². The summed E-state index contributed by atoms with van der Waals surface area (Å²) in [6, 6.07) is 3.11. The lowest BCUT2D eigenvalue weighted by molar-refractivity contribution is 0.0694. The number of fused-ring (bicyclic) bond motifs is 1. The Kier molecular flexibility index (Phi) is 2.20.